The maximum absolute atomic E-state index is 9.59. The van der Waals surface area contributed by atoms with Crippen LogP contribution in [-0.2, 0) is 11.2 Å². The summed E-state index contributed by atoms with van der Waals surface area (Å²) in [5, 5.41) is 0. The quantitative estimate of drug-likeness (QED) is 0.896. The van der Waals surface area contributed by atoms with Gasteiger partial charge in [0.2, 0.25) is 5.91 Å². The van der Waals surface area contributed by atoms with Gasteiger partial charge in [0.25, 0.3) is 0 Å². The number of amides is 1. The van der Waals surface area contributed by atoms with Gasteiger partial charge in [-0.15, -0.1) is 0 Å². The van der Waals surface area contributed by atoms with Gasteiger partial charge in [-0.05, 0) is 49.4 Å². The molecule has 0 spiro atoms. The van der Waals surface area contributed by atoms with Gasteiger partial charge in [-0.3, -0.25) is 4.79 Å². The van der Waals surface area contributed by atoms with Crippen molar-refractivity contribution in [2.75, 3.05) is 19.6 Å². The zero-order chi connectivity index (χ0) is 17.9. The van der Waals surface area contributed by atoms with E-state index in [9.17, 15) is 4.79 Å². The minimum absolute atomic E-state index is 0.245. The van der Waals surface area contributed by atoms with Gasteiger partial charge >= 0.3 is 0 Å². The number of benzene rings is 2. The Hall–Kier alpha value is -2.13. The molecular weight excluding hydrogens is 308 g/mol. The number of nitrogens with zero attached hydrogens (tertiary/aromatic N) is 1. The van der Waals surface area contributed by atoms with Crippen molar-refractivity contribution in [3.63, 3.8) is 0 Å². The lowest BCUT2D eigenvalue weighted by Crippen LogP contribution is -2.34. The number of nitrogens with two attached hydrogens (primary N) is 1. The van der Waals surface area contributed by atoms with Crippen LogP contribution in [0.1, 0.15) is 43.2 Å². The molecule has 1 saturated heterocycles. The van der Waals surface area contributed by atoms with Gasteiger partial charge in [-0.25, -0.2) is 0 Å². The highest BCUT2D eigenvalue weighted by atomic mass is 16.1. The average molecular weight is 338 g/mol. The first-order chi connectivity index (χ1) is 12.2. The summed E-state index contributed by atoms with van der Waals surface area (Å²) in [7, 11) is 0. The summed E-state index contributed by atoms with van der Waals surface area (Å²) in [5.41, 5.74) is 7.63. The maximum Gasteiger partial charge on any atom is 0.217 e. The lowest BCUT2D eigenvalue weighted by Gasteiger charge is -2.32. The summed E-state index contributed by atoms with van der Waals surface area (Å²) < 4.78 is 0. The Morgan fingerprint density at radius 1 is 1.00 bits per heavy atom. The third kappa shape index (κ3) is 7.10. The molecule has 1 heterocycles. The maximum atomic E-state index is 9.59. The van der Waals surface area contributed by atoms with Crippen LogP contribution in [-0.4, -0.2) is 30.4 Å². The zero-order valence-corrected chi connectivity index (χ0v) is 15.2. The molecule has 2 aromatic rings. The molecule has 134 valence electrons. The van der Waals surface area contributed by atoms with E-state index in [1.54, 1.807) is 6.92 Å². The van der Waals surface area contributed by atoms with Gasteiger partial charge in [-0.1, -0.05) is 67.6 Å². The lowest BCUT2D eigenvalue weighted by atomic mass is 9.89. The van der Waals surface area contributed by atoms with Crippen molar-refractivity contribution in [2.45, 2.75) is 38.5 Å². The first kappa shape index (κ1) is 19.2. The van der Waals surface area contributed by atoms with E-state index < -0.39 is 0 Å². The van der Waals surface area contributed by atoms with E-state index in [0.717, 1.165) is 5.92 Å². The van der Waals surface area contributed by atoms with Crippen LogP contribution in [0.15, 0.2) is 60.7 Å². The first-order valence-corrected chi connectivity index (χ1v) is 9.28. The molecule has 25 heavy (non-hydrogen) atoms. The Morgan fingerprint density at radius 2 is 1.52 bits per heavy atom. The second kappa shape index (κ2) is 10.7. The standard InChI is InChI=1S/C19H23N.C3H7NO/c1-3-7-17(8-4-1)11-14-20-15-12-19(13-16-20)18-9-5-2-6-10-18;1-2-3(4)5/h1-10,19H,11-16H2;2H2,1H3,(H2,4,5). The van der Waals surface area contributed by atoms with E-state index >= 15 is 0 Å². The number of hydrogen-bond acceptors (Lipinski definition) is 2. The van der Waals surface area contributed by atoms with E-state index in [1.165, 1.54) is 50.0 Å². The SMILES string of the molecule is CCC(N)=O.c1ccc(CCN2CCC(c3ccccc3)CC2)cc1. The Morgan fingerprint density at radius 3 is 2.04 bits per heavy atom. The predicted octanol–water partition coefficient (Wildman–Crippen LogP) is 3.99. The van der Waals surface area contributed by atoms with Gasteiger partial charge in [0.1, 0.15) is 0 Å². The van der Waals surface area contributed by atoms with Crippen LogP contribution < -0.4 is 5.73 Å². The van der Waals surface area contributed by atoms with Gasteiger partial charge in [0.15, 0.2) is 0 Å². The molecule has 0 aliphatic carbocycles. The van der Waals surface area contributed by atoms with Gasteiger partial charge in [0, 0.05) is 13.0 Å². The van der Waals surface area contributed by atoms with Gasteiger partial charge in [-0.2, -0.15) is 0 Å². The minimum Gasteiger partial charge on any atom is -0.370 e. The number of likely N-dealkylation sites (tertiary alicyclic amines) is 1. The van der Waals surface area contributed by atoms with Crippen LogP contribution in [0.4, 0.5) is 0 Å². The molecule has 1 aliphatic heterocycles. The Balaban J connectivity index is 0.000000399. The molecule has 0 radical (unpaired) electrons. The van der Waals surface area contributed by atoms with Crippen LogP contribution in [0.2, 0.25) is 0 Å². The lowest BCUT2D eigenvalue weighted by molar-refractivity contribution is -0.117. The van der Waals surface area contributed by atoms with Crippen molar-refractivity contribution in [3.05, 3.63) is 71.8 Å². The predicted molar refractivity (Wildman–Crippen MR) is 104 cm³/mol. The third-order valence-corrected chi connectivity index (χ3v) is 4.77. The molecule has 2 N–H and O–H groups in total. The van der Waals surface area contributed by atoms with E-state index in [4.69, 9.17) is 0 Å². The fourth-order valence-electron chi connectivity index (χ4n) is 3.15. The van der Waals surface area contributed by atoms with Crippen molar-refractivity contribution in [2.24, 2.45) is 5.73 Å². The van der Waals surface area contributed by atoms with E-state index in [1.807, 2.05) is 0 Å². The number of carbonyl (C=O) groups is 1. The molecule has 3 heteroatoms. The Kier molecular flexibility index (Phi) is 8.20. The summed E-state index contributed by atoms with van der Waals surface area (Å²) in [6.45, 7) is 5.41. The molecular formula is C22H30N2O. The van der Waals surface area contributed by atoms with Crippen molar-refractivity contribution < 1.29 is 4.79 Å². The molecule has 3 nitrogen and oxygen atoms in total. The molecule has 2 aromatic carbocycles. The number of piperidine rings is 1. The normalized spacial score (nSPS) is 15.2. The van der Waals surface area contributed by atoms with E-state index in [2.05, 4.69) is 71.3 Å². The molecule has 0 atom stereocenters. The van der Waals surface area contributed by atoms with Crippen molar-refractivity contribution >= 4 is 5.91 Å². The second-order valence-corrected chi connectivity index (χ2v) is 6.58. The van der Waals surface area contributed by atoms with Crippen LogP contribution >= 0.6 is 0 Å². The summed E-state index contributed by atoms with van der Waals surface area (Å²) in [5.74, 6) is 0.522. The molecule has 3 rings (SSSR count). The average Bonchev–Trinajstić information content (AvgIpc) is 2.69. The van der Waals surface area contributed by atoms with Crippen molar-refractivity contribution in [1.29, 1.82) is 0 Å². The third-order valence-electron chi connectivity index (χ3n) is 4.77. The largest absolute Gasteiger partial charge is 0.370 e. The highest BCUT2D eigenvalue weighted by Gasteiger charge is 2.19. The number of rotatable bonds is 5. The van der Waals surface area contributed by atoms with E-state index in [-0.39, 0.29) is 5.91 Å². The fourth-order valence-corrected chi connectivity index (χ4v) is 3.15. The highest BCUT2D eigenvalue weighted by Crippen LogP contribution is 2.27. The topological polar surface area (TPSA) is 46.3 Å². The number of carbonyl (C=O) groups excluding carboxylic acids is 1. The summed E-state index contributed by atoms with van der Waals surface area (Å²) in [6.07, 6.45) is 4.23. The molecule has 1 fully saturated rings. The summed E-state index contributed by atoms with van der Waals surface area (Å²) in [6, 6.07) is 21.8. The first-order valence-electron chi connectivity index (χ1n) is 9.28. The number of primary amides is 1. The summed E-state index contributed by atoms with van der Waals surface area (Å²) in [4.78, 5) is 12.2. The van der Waals surface area contributed by atoms with Gasteiger partial charge < -0.3 is 10.6 Å². The molecule has 0 saturated carbocycles. The van der Waals surface area contributed by atoms with E-state index in [0.29, 0.717) is 6.42 Å². The Bertz CT molecular complexity index is 604. The minimum atomic E-state index is -0.245. The van der Waals surface area contributed by atoms with Crippen molar-refractivity contribution in [1.82, 2.24) is 4.90 Å². The van der Waals surface area contributed by atoms with Gasteiger partial charge in [0.05, 0.1) is 0 Å². The molecule has 0 aromatic heterocycles. The monoisotopic (exact) mass is 338 g/mol. The van der Waals surface area contributed by atoms with Crippen LogP contribution in [0.25, 0.3) is 0 Å². The van der Waals surface area contributed by atoms with Crippen molar-refractivity contribution in [3.8, 4) is 0 Å². The van der Waals surface area contributed by atoms with Crippen LogP contribution in [0.3, 0.4) is 0 Å². The zero-order valence-electron chi connectivity index (χ0n) is 15.2. The number of hydrogen-bond donors (Lipinski definition) is 1. The molecule has 1 amide bonds. The molecule has 1 aliphatic rings. The van der Waals surface area contributed by atoms with Crippen LogP contribution in [0.5, 0.6) is 0 Å². The fraction of sp³-hybridized carbons (Fsp3) is 0.409. The molecule has 0 unspecified atom stereocenters. The smallest absolute Gasteiger partial charge is 0.217 e. The highest BCUT2D eigenvalue weighted by molar-refractivity contribution is 5.73. The van der Waals surface area contributed by atoms with Crippen LogP contribution in [0, 0.1) is 0 Å². The Labute approximate surface area is 151 Å². The summed E-state index contributed by atoms with van der Waals surface area (Å²) >= 11 is 0. The molecule has 0 bridgehead atoms. The second-order valence-electron chi connectivity index (χ2n) is 6.58.